The number of rotatable bonds is 9. The van der Waals surface area contributed by atoms with Crippen molar-refractivity contribution < 1.29 is 30.2 Å². The molecule has 3 aromatic carbocycles. The van der Waals surface area contributed by atoms with Crippen molar-refractivity contribution in [2.45, 2.75) is 72.1 Å². The molecule has 0 amide bonds. The molecule has 1 aliphatic rings. The van der Waals surface area contributed by atoms with Crippen molar-refractivity contribution in [2.75, 3.05) is 0 Å². The van der Waals surface area contributed by atoms with Crippen LogP contribution < -0.4 is 4.74 Å². The fourth-order valence-electron chi connectivity index (χ4n) is 7.23. The number of nitrogens with zero attached hydrogens (tertiary/aromatic N) is 4. The minimum absolute atomic E-state index is 0. The van der Waals surface area contributed by atoms with E-state index in [0.29, 0.717) is 29.2 Å². The smallest absolute Gasteiger partial charge is 0.509 e. The molecule has 7 rings (SSSR count). The zero-order valence-electron chi connectivity index (χ0n) is 27.3. The molecule has 3 heterocycles. The van der Waals surface area contributed by atoms with Crippen molar-refractivity contribution in [2.24, 2.45) is 5.92 Å². The van der Waals surface area contributed by atoms with E-state index in [2.05, 4.69) is 67.7 Å². The topological polar surface area (TPSA) is 44.9 Å². The summed E-state index contributed by atoms with van der Waals surface area (Å²) < 4.78 is 24.8. The zero-order valence-corrected chi connectivity index (χ0v) is 29.6. The normalized spacial score (nSPS) is 16.3. The van der Waals surface area contributed by atoms with E-state index in [4.69, 9.17) is 9.84 Å². The van der Waals surface area contributed by atoms with Gasteiger partial charge in [-0.25, -0.2) is 9.37 Å². The Labute approximate surface area is 290 Å². The first kappa shape index (κ1) is 32.9. The molecule has 0 bridgehead atoms. The van der Waals surface area contributed by atoms with Crippen LogP contribution in [-0.2, 0) is 33.9 Å². The summed E-state index contributed by atoms with van der Waals surface area (Å²) in [5.74, 6) is 2.25. The Morgan fingerprint density at radius 1 is 0.936 bits per heavy atom. The average molecular weight is 806 g/mol. The van der Waals surface area contributed by atoms with Crippen LogP contribution in [-0.4, -0.2) is 19.3 Å². The van der Waals surface area contributed by atoms with E-state index in [-0.39, 0.29) is 26.9 Å². The van der Waals surface area contributed by atoms with Gasteiger partial charge in [0.2, 0.25) is 0 Å². The maximum absolute atomic E-state index is 14.3. The molecule has 7 heteroatoms. The van der Waals surface area contributed by atoms with E-state index in [0.717, 1.165) is 59.6 Å². The van der Waals surface area contributed by atoms with Crippen LogP contribution in [0.5, 0.6) is 11.5 Å². The fourth-order valence-corrected chi connectivity index (χ4v) is 7.23. The summed E-state index contributed by atoms with van der Waals surface area (Å²) >= 11 is 0. The Kier molecular flexibility index (Phi) is 9.79. The predicted molar refractivity (Wildman–Crippen MR) is 183 cm³/mol. The van der Waals surface area contributed by atoms with Crippen molar-refractivity contribution in [3.63, 3.8) is 0 Å². The number of halogens is 1. The van der Waals surface area contributed by atoms with Gasteiger partial charge >= 0.3 is 21.1 Å². The fraction of sp³-hybridized carbons (Fsp3) is 0.300. The van der Waals surface area contributed by atoms with Gasteiger partial charge in [-0.05, 0) is 61.7 Å². The molecule has 2 atom stereocenters. The Morgan fingerprint density at radius 2 is 1.74 bits per heavy atom. The molecule has 5 nitrogen and oxygen atoms in total. The summed E-state index contributed by atoms with van der Waals surface area (Å²) in [5.41, 5.74) is 7.93. The first-order chi connectivity index (χ1) is 22.5. The molecule has 0 saturated carbocycles. The number of pyridine rings is 1. The van der Waals surface area contributed by atoms with E-state index in [1.807, 2.05) is 47.0 Å². The van der Waals surface area contributed by atoms with Gasteiger partial charge in [-0.2, -0.15) is 17.2 Å². The number of hydrogen-bond donors (Lipinski definition) is 0. The largest absolute Gasteiger partial charge is 2.00 e. The number of benzene rings is 3. The van der Waals surface area contributed by atoms with Crippen LogP contribution in [0, 0.1) is 23.9 Å². The number of aryl methyl sites for hydroxylation is 1. The number of fused-ring (bicyclic) bond motifs is 3. The van der Waals surface area contributed by atoms with Gasteiger partial charge in [-0.1, -0.05) is 69.0 Å². The Bertz CT molecular complexity index is 2080. The van der Waals surface area contributed by atoms with Gasteiger partial charge in [-0.15, -0.1) is 35.7 Å². The molecule has 0 aliphatic heterocycles. The predicted octanol–water partition coefficient (Wildman–Crippen LogP) is 10.3. The summed E-state index contributed by atoms with van der Waals surface area (Å²) in [5, 5.41) is 7.28. The Hall–Kier alpha value is -4.02. The number of allylic oxidation sites excluding steroid dienone is 2. The third-order valence-corrected chi connectivity index (χ3v) is 9.23. The van der Waals surface area contributed by atoms with E-state index >= 15 is 0 Å². The van der Waals surface area contributed by atoms with Gasteiger partial charge in [-0.3, -0.25) is 4.68 Å². The van der Waals surface area contributed by atoms with Crippen LogP contribution >= 0.6 is 0 Å². The minimum Gasteiger partial charge on any atom is -0.509 e. The van der Waals surface area contributed by atoms with Gasteiger partial charge in [0, 0.05) is 46.5 Å². The minimum atomic E-state index is -0.342. The van der Waals surface area contributed by atoms with E-state index in [1.54, 1.807) is 0 Å². The molecule has 0 radical (unpaired) electrons. The first-order valence-electron chi connectivity index (χ1n) is 16.5. The van der Waals surface area contributed by atoms with E-state index in [1.165, 1.54) is 47.3 Å². The monoisotopic (exact) mass is 805 g/mol. The van der Waals surface area contributed by atoms with Crippen LogP contribution in [0.15, 0.2) is 84.6 Å². The molecule has 0 fully saturated rings. The second-order valence-electron chi connectivity index (χ2n) is 12.5. The Morgan fingerprint density at radius 3 is 2.53 bits per heavy atom. The zero-order chi connectivity index (χ0) is 31.8. The maximum Gasteiger partial charge on any atom is 2.00 e. The summed E-state index contributed by atoms with van der Waals surface area (Å²) in [6.07, 6.45) is 10.2. The van der Waals surface area contributed by atoms with Crippen LogP contribution in [0.3, 0.4) is 0 Å². The second-order valence-corrected chi connectivity index (χ2v) is 12.5. The van der Waals surface area contributed by atoms with Crippen LogP contribution in [0.4, 0.5) is 4.39 Å². The van der Waals surface area contributed by atoms with Crippen LogP contribution in [0.2, 0.25) is 0 Å². The van der Waals surface area contributed by atoms with Gasteiger partial charge < -0.3 is 9.30 Å². The molecule has 0 spiro atoms. The van der Waals surface area contributed by atoms with Gasteiger partial charge in [0.05, 0.1) is 5.69 Å². The standard InChI is InChI=1S/C40H39FN4O.Pt/c1-5-11-34-40(39-26(3)13-9-14-27(39)4)36(12-6-2)45(43-34)29-15-10-16-30(24-29)46-31-19-20-33-32-17-7-8-18-35(32)44(37(33)25-31)38-23-28(41)21-22-42-38;/h7-8,10,13,15-23,27,39H,5-6,9,11-12,14H2,1-4H3;/q-2;+2/t27-,39?;/m0./s1. The summed E-state index contributed by atoms with van der Waals surface area (Å²) in [6.45, 7) is 9.15. The third kappa shape index (κ3) is 6.21. The molecule has 0 saturated heterocycles. The molecule has 0 N–H and O–H groups in total. The molecule has 1 aliphatic carbocycles. The molecule has 1 unspecified atom stereocenters. The van der Waals surface area contributed by atoms with Crippen molar-refractivity contribution in [3.8, 4) is 23.0 Å². The molecular formula is C40H39FN4OPt. The van der Waals surface area contributed by atoms with Gasteiger partial charge in [0.25, 0.3) is 0 Å². The first-order valence-corrected chi connectivity index (χ1v) is 16.5. The molecule has 47 heavy (non-hydrogen) atoms. The number of para-hydroxylation sites is 1. The molecule has 6 aromatic rings. The average Bonchev–Trinajstić information content (AvgIpc) is 3.57. The SMILES string of the molecule is CCCc1nn(-c2[c-]c(Oc3[c-]c4c(cc3)c3ccccc3n4-c3cc(F)ccn3)ccc2)c(CCC)c1C1C(C)=CCC[C@@H]1C.[Pt+2]. The summed E-state index contributed by atoms with van der Waals surface area (Å²) in [4.78, 5) is 4.47. The Balaban J connectivity index is 0.00000386. The number of hydrogen-bond acceptors (Lipinski definition) is 3. The summed E-state index contributed by atoms with van der Waals surface area (Å²) in [7, 11) is 0. The van der Waals surface area contributed by atoms with E-state index in [9.17, 15) is 4.39 Å². The summed E-state index contributed by atoms with van der Waals surface area (Å²) in [6, 6.07) is 27.7. The molecule has 3 aromatic heterocycles. The van der Waals surface area contributed by atoms with E-state index < -0.39 is 0 Å². The molecule has 242 valence electrons. The number of aromatic nitrogens is 4. The van der Waals surface area contributed by atoms with Crippen molar-refractivity contribution >= 4 is 21.8 Å². The second kappa shape index (κ2) is 14.0. The third-order valence-electron chi connectivity index (χ3n) is 9.23. The maximum atomic E-state index is 14.3. The van der Waals surface area contributed by atoms with Crippen molar-refractivity contribution in [1.82, 2.24) is 19.3 Å². The van der Waals surface area contributed by atoms with Crippen LogP contribution in [0.1, 0.15) is 76.2 Å². The molecular weight excluding hydrogens is 767 g/mol. The van der Waals surface area contributed by atoms with Crippen molar-refractivity contribution in [1.29, 1.82) is 0 Å². The van der Waals surface area contributed by atoms with Gasteiger partial charge in [0.15, 0.2) is 0 Å². The van der Waals surface area contributed by atoms with Crippen molar-refractivity contribution in [3.05, 3.63) is 119 Å². The quantitative estimate of drug-likeness (QED) is 0.108. The van der Waals surface area contributed by atoms with Crippen LogP contribution in [0.25, 0.3) is 33.3 Å². The number of ether oxygens (including phenoxy) is 1. The van der Waals surface area contributed by atoms with Gasteiger partial charge in [0.1, 0.15) is 11.6 Å².